The fourth-order valence-electron chi connectivity index (χ4n) is 1.07. The average molecular weight is 249 g/mol. The molecule has 0 aliphatic heterocycles. The van der Waals surface area contributed by atoms with Gasteiger partial charge in [-0.15, -0.1) is 0 Å². The van der Waals surface area contributed by atoms with Crippen molar-refractivity contribution in [1.82, 2.24) is 4.98 Å². The number of rotatable bonds is 1. The first-order chi connectivity index (χ1) is 6.89. The molecule has 1 aromatic heterocycles. The van der Waals surface area contributed by atoms with E-state index in [0.29, 0.717) is 11.3 Å². The van der Waals surface area contributed by atoms with Crippen LogP contribution < -0.4 is 0 Å². The minimum Gasteiger partial charge on any atom is -0.225 e. The lowest BCUT2D eigenvalue weighted by molar-refractivity contribution is 0.518. The standard InChI is InChI=1S/C8H5F2NO2S2/c1-15(12,13)8-11-5-3-2-4(9)6(10)7(5)14-8/h2-3H,1H3. The van der Waals surface area contributed by atoms with E-state index in [2.05, 4.69) is 4.98 Å². The smallest absolute Gasteiger partial charge is 0.210 e. The zero-order valence-corrected chi connectivity index (χ0v) is 9.12. The van der Waals surface area contributed by atoms with Crippen molar-refractivity contribution in [3.8, 4) is 0 Å². The molecule has 0 unspecified atom stereocenters. The Hall–Kier alpha value is -1.08. The molecule has 7 heteroatoms. The molecule has 0 N–H and O–H groups in total. The molecule has 2 rings (SSSR count). The Kier molecular flexibility index (Phi) is 2.23. The van der Waals surface area contributed by atoms with E-state index in [-0.39, 0.29) is 14.6 Å². The van der Waals surface area contributed by atoms with Gasteiger partial charge in [-0.3, -0.25) is 0 Å². The van der Waals surface area contributed by atoms with Crippen LogP contribution >= 0.6 is 11.3 Å². The van der Waals surface area contributed by atoms with Crippen LogP contribution in [0.4, 0.5) is 8.78 Å². The Morgan fingerprint density at radius 1 is 1.33 bits per heavy atom. The summed E-state index contributed by atoms with van der Waals surface area (Å²) in [5, 5.41) is 0. The molecule has 1 aromatic carbocycles. The van der Waals surface area contributed by atoms with Crippen LogP contribution in [0.25, 0.3) is 10.2 Å². The third kappa shape index (κ3) is 1.72. The molecule has 1 heterocycles. The van der Waals surface area contributed by atoms with Gasteiger partial charge in [0.2, 0.25) is 14.2 Å². The van der Waals surface area contributed by atoms with Gasteiger partial charge in [0.15, 0.2) is 11.6 Å². The summed E-state index contributed by atoms with van der Waals surface area (Å²) in [6, 6.07) is 2.17. The normalized spacial score (nSPS) is 12.2. The number of benzene rings is 1. The Labute approximate surface area is 88.3 Å². The topological polar surface area (TPSA) is 47.0 Å². The summed E-state index contributed by atoms with van der Waals surface area (Å²) in [5.41, 5.74) is 0.152. The lowest BCUT2D eigenvalue weighted by Gasteiger charge is -1.90. The number of hydrogen-bond donors (Lipinski definition) is 0. The third-order valence-electron chi connectivity index (χ3n) is 1.75. The molecule has 0 saturated carbocycles. The van der Waals surface area contributed by atoms with Crippen molar-refractivity contribution >= 4 is 31.4 Å². The van der Waals surface area contributed by atoms with Gasteiger partial charge in [-0.2, -0.15) is 0 Å². The number of fused-ring (bicyclic) bond motifs is 1. The predicted molar refractivity (Wildman–Crippen MR) is 52.6 cm³/mol. The molecule has 0 amide bonds. The lowest BCUT2D eigenvalue weighted by atomic mass is 10.3. The monoisotopic (exact) mass is 249 g/mol. The van der Waals surface area contributed by atoms with Gasteiger partial charge in [-0.1, -0.05) is 11.3 Å². The first-order valence-corrected chi connectivity index (χ1v) is 6.55. The average Bonchev–Trinajstić information content (AvgIpc) is 2.55. The first kappa shape index (κ1) is 10.4. The fraction of sp³-hybridized carbons (Fsp3) is 0.125. The van der Waals surface area contributed by atoms with Crippen LogP contribution in [0, 0.1) is 11.6 Å². The van der Waals surface area contributed by atoms with Crippen LogP contribution in [0.5, 0.6) is 0 Å². The van der Waals surface area contributed by atoms with Gasteiger partial charge < -0.3 is 0 Å². The minimum atomic E-state index is -3.48. The maximum Gasteiger partial charge on any atom is 0.210 e. The second-order valence-corrected chi connectivity index (χ2v) is 6.15. The van der Waals surface area contributed by atoms with Crippen LogP contribution in [-0.4, -0.2) is 19.7 Å². The number of nitrogens with zero attached hydrogens (tertiary/aromatic N) is 1. The summed E-state index contributed by atoms with van der Waals surface area (Å²) >= 11 is 0.631. The highest BCUT2D eigenvalue weighted by Gasteiger charge is 2.17. The van der Waals surface area contributed by atoms with E-state index >= 15 is 0 Å². The summed E-state index contributed by atoms with van der Waals surface area (Å²) < 4.78 is 48.0. The summed E-state index contributed by atoms with van der Waals surface area (Å²) in [4.78, 5) is 3.71. The molecular formula is C8H5F2NO2S2. The van der Waals surface area contributed by atoms with Crippen molar-refractivity contribution < 1.29 is 17.2 Å². The number of sulfone groups is 1. The van der Waals surface area contributed by atoms with Crippen molar-refractivity contribution in [1.29, 1.82) is 0 Å². The summed E-state index contributed by atoms with van der Waals surface area (Å²) in [7, 11) is -3.48. The molecular weight excluding hydrogens is 244 g/mol. The van der Waals surface area contributed by atoms with E-state index < -0.39 is 21.5 Å². The Morgan fingerprint density at radius 2 is 2.00 bits per heavy atom. The highest BCUT2D eigenvalue weighted by molar-refractivity contribution is 7.92. The van der Waals surface area contributed by atoms with E-state index in [0.717, 1.165) is 12.3 Å². The first-order valence-electron chi connectivity index (χ1n) is 3.84. The molecule has 0 spiro atoms. The Balaban J connectivity index is 2.83. The van der Waals surface area contributed by atoms with E-state index in [1.807, 2.05) is 0 Å². The van der Waals surface area contributed by atoms with Crippen LogP contribution in [-0.2, 0) is 9.84 Å². The maximum atomic E-state index is 13.2. The second-order valence-electron chi connectivity index (χ2n) is 2.96. The zero-order chi connectivity index (χ0) is 11.2. The molecule has 15 heavy (non-hydrogen) atoms. The van der Waals surface area contributed by atoms with Gasteiger partial charge in [0.1, 0.15) is 0 Å². The van der Waals surface area contributed by atoms with E-state index in [9.17, 15) is 17.2 Å². The molecule has 0 radical (unpaired) electrons. The van der Waals surface area contributed by atoms with Gasteiger partial charge in [-0.05, 0) is 12.1 Å². The van der Waals surface area contributed by atoms with Crippen molar-refractivity contribution in [3.63, 3.8) is 0 Å². The van der Waals surface area contributed by atoms with Gasteiger partial charge in [0.05, 0.1) is 10.2 Å². The molecule has 0 fully saturated rings. The van der Waals surface area contributed by atoms with Crippen LogP contribution in [0.2, 0.25) is 0 Å². The molecule has 0 bridgehead atoms. The largest absolute Gasteiger partial charge is 0.225 e. The van der Waals surface area contributed by atoms with Gasteiger partial charge >= 0.3 is 0 Å². The quantitative estimate of drug-likeness (QED) is 0.776. The molecule has 0 aliphatic rings. The molecule has 3 nitrogen and oxygen atoms in total. The van der Waals surface area contributed by atoms with Gasteiger partial charge in [0.25, 0.3) is 0 Å². The highest BCUT2D eigenvalue weighted by atomic mass is 32.2. The Bertz CT molecular complexity index is 633. The van der Waals surface area contributed by atoms with Crippen molar-refractivity contribution in [2.24, 2.45) is 0 Å². The van der Waals surface area contributed by atoms with Crippen LogP contribution in [0.3, 0.4) is 0 Å². The molecule has 2 aromatic rings. The highest BCUT2D eigenvalue weighted by Crippen LogP contribution is 2.28. The van der Waals surface area contributed by atoms with Crippen molar-refractivity contribution in [2.45, 2.75) is 4.34 Å². The van der Waals surface area contributed by atoms with Crippen LogP contribution in [0.1, 0.15) is 0 Å². The zero-order valence-electron chi connectivity index (χ0n) is 7.49. The van der Waals surface area contributed by atoms with E-state index in [4.69, 9.17) is 0 Å². The molecule has 80 valence electrons. The van der Waals surface area contributed by atoms with Crippen molar-refractivity contribution in [2.75, 3.05) is 6.26 Å². The number of aromatic nitrogens is 1. The maximum absolute atomic E-state index is 13.2. The SMILES string of the molecule is CS(=O)(=O)c1nc2ccc(F)c(F)c2s1. The number of thiazole rings is 1. The van der Waals surface area contributed by atoms with E-state index in [1.165, 1.54) is 6.07 Å². The fourth-order valence-corrected chi connectivity index (χ4v) is 2.92. The lowest BCUT2D eigenvalue weighted by Crippen LogP contribution is -1.94. The Morgan fingerprint density at radius 3 is 2.60 bits per heavy atom. The summed E-state index contributed by atoms with van der Waals surface area (Å²) in [6.45, 7) is 0. The van der Waals surface area contributed by atoms with E-state index in [1.54, 1.807) is 0 Å². The number of halogens is 2. The predicted octanol–water partition coefficient (Wildman–Crippen LogP) is 1.98. The van der Waals surface area contributed by atoms with Gasteiger partial charge in [-0.25, -0.2) is 22.2 Å². The summed E-state index contributed by atoms with van der Waals surface area (Å²) in [6.07, 6.45) is 0.971. The minimum absolute atomic E-state index is 0.0737. The van der Waals surface area contributed by atoms with Crippen molar-refractivity contribution in [3.05, 3.63) is 23.8 Å². The molecule has 0 saturated heterocycles. The van der Waals surface area contributed by atoms with Gasteiger partial charge in [0, 0.05) is 6.26 Å². The molecule has 0 atom stereocenters. The second kappa shape index (κ2) is 3.21. The number of hydrogen-bond acceptors (Lipinski definition) is 4. The molecule has 0 aliphatic carbocycles. The van der Waals surface area contributed by atoms with Crippen LogP contribution in [0.15, 0.2) is 16.5 Å². The summed E-state index contributed by atoms with van der Waals surface area (Å²) in [5.74, 6) is -2.06. The third-order valence-corrected chi connectivity index (χ3v) is 4.49.